The van der Waals surface area contributed by atoms with Crippen LogP contribution in [0.15, 0.2) is 97.1 Å². The van der Waals surface area contributed by atoms with Gasteiger partial charge in [-0.15, -0.1) is 0 Å². The molecule has 3 fully saturated rings. The number of methoxy groups -OCH3 is 1. The molecule has 3 heterocycles. The van der Waals surface area contributed by atoms with E-state index in [1.54, 1.807) is 19.2 Å². The molecule has 624 valence electrons. The number of aliphatic hydroxyl groups is 8. The molecule has 3 aliphatic rings. The Labute approximate surface area is 655 Å². The topological polar surface area (TPSA) is 439 Å². The average Bonchev–Trinajstić information content (AvgIpc) is 1.47. The Morgan fingerprint density at radius 3 is 1.50 bits per heavy atom. The number of aromatic hydroxyl groups is 1. The van der Waals surface area contributed by atoms with Crippen LogP contribution < -0.4 is 26.0 Å². The Hall–Kier alpha value is -7.67. The zero-order valence-corrected chi connectivity index (χ0v) is 65.4. The highest BCUT2D eigenvalue weighted by atomic mass is 16.6. The number of rotatable bonds is 41. The number of carbonyl (C=O) groups is 7. The van der Waals surface area contributed by atoms with Gasteiger partial charge in [-0.25, -0.2) is 0 Å². The van der Waals surface area contributed by atoms with Crippen LogP contribution in [0.1, 0.15) is 121 Å². The lowest BCUT2D eigenvalue weighted by Crippen LogP contribution is -2.61. The molecular formula is C81H120N6O25. The molecule has 0 bridgehead atoms. The first-order chi connectivity index (χ1) is 53.9. The lowest BCUT2D eigenvalue weighted by atomic mass is 9.86. The number of unbranched alkanes of at least 4 members (excludes halogenated alkanes) is 5. The van der Waals surface area contributed by atoms with Gasteiger partial charge in [-0.3, -0.25) is 33.6 Å². The summed E-state index contributed by atoms with van der Waals surface area (Å²) in [5.41, 5.74) is 3.61. The van der Waals surface area contributed by atoms with Crippen molar-refractivity contribution in [3.05, 3.63) is 108 Å². The molecule has 3 aliphatic heterocycles. The SMILES string of the molecule is CCCCCOc1ccc(-c2ccc(-c3ccc(C(=O)N[C@H]4C[C@@H](O)[C@@H](C)NC(=O)C5[C@@H](O)[C@@H](C)CN5C(=O)C([C@@H](C)O)NC(=O)C([C@H](O)[C@@H](O)c5ccc(O)cc5)CC(=O)C5C[C@@H](O)CN5C(=O)C([C@@H](C)O)NC4=O)cc3)cc2)cc1.COCCOCCOCCOCCOCCOCCOCCOCCCCCCO. The molecule has 4 aromatic rings. The minimum atomic E-state index is -2.15. The van der Waals surface area contributed by atoms with Crippen LogP contribution in [0.3, 0.4) is 0 Å². The van der Waals surface area contributed by atoms with Crippen molar-refractivity contribution in [3.8, 4) is 33.8 Å². The predicted molar refractivity (Wildman–Crippen MR) is 411 cm³/mol. The normalized spacial score (nSPS) is 23.3. The molecule has 7 rings (SSSR count). The number of nitrogens with one attached hydrogen (secondary N) is 4. The molecule has 0 aromatic heterocycles. The third-order valence-corrected chi connectivity index (χ3v) is 19.5. The van der Waals surface area contributed by atoms with Gasteiger partial charge in [-0.2, -0.15) is 0 Å². The summed E-state index contributed by atoms with van der Waals surface area (Å²) >= 11 is 0. The van der Waals surface area contributed by atoms with Gasteiger partial charge in [-0.05, 0) is 104 Å². The van der Waals surface area contributed by atoms with Crippen LogP contribution in [-0.4, -0.2) is 302 Å². The molecule has 6 amide bonds. The second-order valence-electron chi connectivity index (χ2n) is 28.3. The molecule has 0 aliphatic carbocycles. The summed E-state index contributed by atoms with van der Waals surface area (Å²) in [7, 11) is 1.65. The van der Waals surface area contributed by atoms with Crippen LogP contribution in [0.2, 0.25) is 0 Å². The maximum absolute atomic E-state index is 14.5. The van der Waals surface area contributed by atoms with Gasteiger partial charge in [0, 0.05) is 64.2 Å². The van der Waals surface area contributed by atoms with Crippen molar-refractivity contribution in [1.29, 1.82) is 0 Å². The molecule has 31 heteroatoms. The zero-order valence-electron chi connectivity index (χ0n) is 65.4. The molecule has 31 nitrogen and oxygen atoms in total. The number of carbonyl (C=O) groups excluding carboxylic acids is 7. The van der Waals surface area contributed by atoms with Crippen LogP contribution >= 0.6 is 0 Å². The van der Waals surface area contributed by atoms with Crippen molar-refractivity contribution < 1.29 is 122 Å². The van der Waals surface area contributed by atoms with Crippen LogP contribution in [0.4, 0.5) is 0 Å². The Morgan fingerprint density at radius 1 is 0.536 bits per heavy atom. The van der Waals surface area contributed by atoms with Gasteiger partial charge in [-0.1, -0.05) is 100 Å². The fourth-order valence-electron chi connectivity index (χ4n) is 12.9. The average molecular weight is 1580 g/mol. The monoisotopic (exact) mass is 1580 g/mol. The van der Waals surface area contributed by atoms with Crippen LogP contribution in [0, 0.1) is 11.8 Å². The Morgan fingerprint density at radius 2 is 1.00 bits per heavy atom. The number of phenols is 1. The van der Waals surface area contributed by atoms with Gasteiger partial charge in [0.2, 0.25) is 29.5 Å². The second-order valence-corrected chi connectivity index (χ2v) is 28.3. The molecule has 0 spiro atoms. The second kappa shape index (κ2) is 50.5. The first-order valence-electron chi connectivity index (χ1n) is 38.9. The number of ketones is 1. The molecule has 4 aromatic carbocycles. The number of fused-ring (bicyclic) bond motifs is 2. The molecule has 0 saturated carbocycles. The molecule has 3 saturated heterocycles. The van der Waals surface area contributed by atoms with E-state index in [0.29, 0.717) is 99.1 Å². The number of aliphatic hydroxyl groups excluding tert-OH is 8. The Bertz CT molecular complexity index is 3380. The lowest BCUT2D eigenvalue weighted by Gasteiger charge is -2.33. The Kier molecular flexibility index (Phi) is 42.0. The summed E-state index contributed by atoms with van der Waals surface area (Å²) in [4.78, 5) is 103. The van der Waals surface area contributed by atoms with E-state index in [-0.39, 0.29) is 30.0 Å². The fourth-order valence-corrected chi connectivity index (χ4v) is 12.9. The van der Waals surface area contributed by atoms with Crippen LogP contribution in [-0.2, 0) is 66.7 Å². The third kappa shape index (κ3) is 30.6. The first kappa shape index (κ1) is 93.2. The highest BCUT2D eigenvalue weighted by Gasteiger charge is 2.50. The summed E-state index contributed by atoms with van der Waals surface area (Å²) in [5.74, 6) is -9.40. The molecule has 5 unspecified atom stereocenters. The van der Waals surface area contributed by atoms with E-state index in [4.69, 9.17) is 47.7 Å². The van der Waals surface area contributed by atoms with Gasteiger partial charge >= 0.3 is 0 Å². The van der Waals surface area contributed by atoms with E-state index in [1.165, 1.54) is 50.2 Å². The van der Waals surface area contributed by atoms with Crippen LogP contribution in [0.25, 0.3) is 22.3 Å². The number of amides is 6. The minimum Gasteiger partial charge on any atom is -0.508 e. The van der Waals surface area contributed by atoms with E-state index in [1.807, 2.05) is 48.5 Å². The Balaban J connectivity index is 0.000000549. The van der Waals surface area contributed by atoms with E-state index in [9.17, 15) is 74.4 Å². The van der Waals surface area contributed by atoms with Gasteiger partial charge in [0.1, 0.15) is 41.8 Å². The summed E-state index contributed by atoms with van der Waals surface area (Å²) in [6.45, 7) is 16.1. The van der Waals surface area contributed by atoms with E-state index < -0.39 is 158 Å². The maximum Gasteiger partial charge on any atom is 0.251 e. The predicted octanol–water partition coefficient (Wildman–Crippen LogP) is 2.54. The van der Waals surface area contributed by atoms with E-state index in [2.05, 4.69) is 28.2 Å². The van der Waals surface area contributed by atoms with E-state index in [0.717, 1.165) is 103 Å². The highest BCUT2D eigenvalue weighted by Crippen LogP contribution is 2.32. The number of hydrogen-bond donors (Lipinski definition) is 13. The van der Waals surface area contributed by atoms with Gasteiger partial charge in [0.25, 0.3) is 5.91 Å². The van der Waals surface area contributed by atoms with E-state index >= 15 is 0 Å². The number of phenolic OH excluding ortho intramolecular Hbond substituents is 1. The van der Waals surface area contributed by atoms with Crippen molar-refractivity contribution >= 4 is 41.2 Å². The number of Topliss-reactive ketones (excluding diaryl/α,β-unsaturated/α-hetero) is 1. The van der Waals surface area contributed by atoms with Crippen molar-refractivity contribution in [3.63, 3.8) is 0 Å². The molecule has 15 atom stereocenters. The lowest BCUT2D eigenvalue weighted by molar-refractivity contribution is -0.148. The molecular weight excluding hydrogens is 1460 g/mol. The quantitative estimate of drug-likeness (QED) is 0.0284. The number of ether oxygens (including phenoxy) is 9. The number of benzene rings is 4. The van der Waals surface area contributed by atoms with Crippen LogP contribution in [0.5, 0.6) is 11.5 Å². The smallest absolute Gasteiger partial charge is 0.251 e. The van der Waals surface area contributed by atoms with Gasteiger partial charge < -0.3 is 120 Å². The summed E-state index contributed by atoms with van der Waals surface area (Å²) in [6, 6.07) is 16.9. The fraction of sp³-hybridized carbons (Fsp3) is 0.617. The molecule has 13 N–H and O–H groups in total. The van der Waals surface area contributed by atoms with Crippen molar-refractivity contribution in [2.75, 3.05) is 133 Å². The highest BCUT2D eigenvalue weighted by molar-refractivity contribution is 6.00. The largest absolute Gasteiger partial charge is 0.508 e. The third-order valence-electron chi connectivity index (χ3n) is 19.5. The standard InChI is InChI=1S/C60H76N6O16.C21H44O9/c1-6-7-8-25-82-43-23-19-38(20-24-43)36-11-9-35(10-12-36)37-13-15-40(16-14-37)55(76)62-45-28-47(71)32(3)61-58(79)51-52(73)31(2)29-66(51)60(81)50(34(5)68)63-56(77)44(54(75)53(74)39-17-21-41(69)22-18-39)27-48(72)46-26-42(70)30-65(46)59(80)49(33(4)67)64-57(45)78;1-23-8-9-25-12-13-27-16-17-29-20-21-30-19-18-28-15-14-26-11-10-24-7-5-3-2-4-6-22/h9-24,31-34,42,44-47,49-54,67-71,73-75H,6-8,25-30H2,1-5H3,(H,61,79)(H,62,76)(H,63,77)(H,64,78);22H,2-21H2,1H3/t31-,32+,33+,34+,42+,44?,45-,46?,47+,49?,50?,51?,52-,53-,54-;/m0./s1. The van der Waals surface area contributed by atoms with Gasteiger partial charge in [0.15, 0.2) is 5.78 Å². The summed E-state index contributed by atoms with van der Waals surface area (Å²) < 4.78 is 48.6. The number of nitrogens with zero attached hydrogens (tertiary/aromatic N) is 2. The minimum absolute atomic E-state index is 0.0141. The van der Waals surface area contributed by atoms with Gasteiger partial charge in [0.05, 0.1) is 154 Å². The first-order valence-corrected chi connectivity index (χ1v) is 38.9. The zero-order chi connectivity index (χ0) is 81.5. The van der Waals surface area contributed by atoms with Crippen molar-refractivity contribution in [2.45, 2.75) is 178 Å². The van der Waals surface area contributed by atoms with Crippen molar-refractivity contribution in [1.82, 2.24) is 31.1 Å². The molecule has 0 radical (unpaired) electrons. The van der Waals surface area contributed by atoms with Crippen molar-refractivity contribution in [2.24, 2.45) is 11.8 Å². The summed E-state index contributed by atoms with van der Waals surface area (Å²) in [5, 5.41) is 108. The molecule has 112 heavy (non-hydrogen) atoms. The summed E-state index contributed by atoms with van der Waals surface area (Å²) in [6.07, 6.45) is -6.82. The number of hydrogen-bond acceptors (Lipinski definition) is 25. The maximum atomic E-state index is 14.5.